The first kappa shape index (κ1) is 27.2. The van der Waals surface area contributed by atoms with E-state index >= 15 is 0 Å². The zero-order valence-corrected chi connectivity index (χ0v) is 22.9. The molecular formula is C36H26FNO5. The number of hydrogen-bond donors (Lipinski definition) is 1. The Kier molecular flexibility index (Phi) is 8.04. The molecular weight excluding hydrogens is 545 g/mol. The summed E-state index contributed by atoms with van der Waals surface area (Å²) in [4.78, 5) is 0. The second-order valence-corrected chi connectivity index (χ2v) is 9.44. The smallest absolute Gasteiger partial charge is 0.131 e. The van der Waals surface area contributed by atoms with Crippen molar-refractivity contribution in [2.75, 3.05) is 5.73 Å². The van der Waals surface area contributed by atoms with Crippen LogP contribution in [0.15, 0.2) is 146 Å². The zero-order valence-electron chi connectivity index (χ0n) is 22.9. The number of nitrogens with two attached hydrogens (primary N) is 1. The van der Waals surface area contributed by atoms with Crippen LogP contribution in [-0.2, 0) is 0 Å². The van der Waals surface area contributed by atoms with Crippen LogP contribution in [0.1, 0.15) is 0 Å². The Morgan fingerprint density at radius 2 is 0.581 bits per heavy atom. The van der Waals surface area contributed by atoms with Crippen molar-refractivity contribution in [1.82, 2.24) is 0 Å². The topological polar surface area (TPSA) is 72.2 Å². The average molecular weight is 572 g/mol. The van der Waals surface area contributed by atoms with Crippen molar-refractivity contribution in [3.63, 3.8) is 0 Å². The van der Waals surface area contributed by atoms with Gasteiger partial charge in [-0.3, -0.25) is 0 Å². The number of anilines is 1. The molecule has 6 rings (SSSR count). The summed E-state index contributed by atoms with van der Waals surface area (Å²) in [7, 11) is 0. The molecule has 6 aromatic rings. The maximum atomic E-state index is 13.5. The van der Waals surface area contributed by atoms with Crippen LogP contribution in [-0.4, -0.2) is 0 Å². The molecule has 43 heavy (non-hydrogen) atoms. The summed E-state index contributed by atoms with van der Waals surface area (Å²) >= 11 is 0. The summed E-state index contributed by atoms with van der Waals surface area (Å²) in [5, 5.41) is 0. The molecule has 0 aliphatic carbocycles. The second kappa shape index (κ2) is 12.7. The molecule has 2 N–H and O–H groups in total. The Morgan fingerprint density at radius 3 is 0.884 bits per heavy atom. The molecule has 0 saturated heterocycles. The van der Waals surface area contributed by atoms with Crippen LogP contribution in [0.2, 0.25) is 0 Å². The van der Waals surface area contributed by atoms with Gasteiger partial charge < -0.3 is 29.4 Å². The van der Waals surface area contributed by atoms with Gasteiger partial charge in [-0.15, -0.1) is 0 Å². The van der Waals surface area contributed by atoms with Gasteiger partial charge in [-0.2, -0.15) is 0 Å². The van der Waals surface area contributed by atoms with E-state index in [9.17, 15) is 4.39 Å². The Balaban J connectivity index is 1.10. The molecule has 7 heteroatoms. The van der Waals surface area contributed by atoms with Crippen molar-refractivity contribution in [3.8, 4) is 57.5 Å². The molecule has 0 unspecified atom stereocenters. The van der Waals surface area contributed by atoms with Gasteiger partial charge in [-0.1, -0.05) is 36.4 Å². The first-order valence-electron chi connectivity index (χ1n) is 13.4. The zero-order chi connectivity index (χ0) is 29.4. The van der Waals surface area contributed by atoms with Gasteiger partial charge in [-0.25, -0.2) is 4.39 Å². The first-order valence-corrected chi connectivity index (χ1v) is 13.4. The maximum absolute atomic E-state index is 13.5. The second-order valence-electron chi connectivity index (χ2n) is 9.44. The molecule has 0 bridgehead atoms. The predicted octanol–water partition coefficient (Wildman–Crippen LogP) is 10.4. The number of hydrogen-bond acceptors (Lipinski definition) is 6. The largest absolute Gasteiger partial charge is 0.457 e. The fraction of sp³-hybridized carbons (Fsp3) is 0. The van der Waals surface area contributed by atoms with Gasteiger partial charge in [0.25, 0.3) is 0 Å². The van der Waals surface area contributed by atoms with Crippen molar-refractivity contribution in [2.24, 2.45) is 0 Å². The van der Waals surface area contributed by atoms with Crippen LogP contribution in [0.3, 0.4) is 0 Å². The van der Waals surface area contributed by atoms with Crippen molar-refractivity contribution in [2.45, 2.75) is 0 Å². The van der Waals surface area contributed by atoms with Crippen LogP contribution in [0.25, 0.3) is 0 Å². The standard InChI is InChI=1S/C36H26FNO5/c37-25-7-1-9-27(19-25)39-29-11-3-13-31(21-29)41-33-15-5-17-35(23-33)43-36-18-6-16-34(24-36)42-32-14-4-12-30(22-32)40-28-10-2-8-26(38)20-28/h1-24H,38H2. The Bertz CT molecular complexity index is 1720. The molecule has 0 spiro atoms. The summed E-state index contributed by atoms with van der Waals surface area (Å²) in [6.07, 6.45) is 0. The number of rotatable bonds is 10. The van der Waals surface area contributed by atoms with E-state index in [-0.39, 0.29) is 5.82 Å². The van der Waals surface area contributed by atoms with Gasteiger partial charge in [0.2, 0.25) is 0 Å². The lowest BCUT2D eigenvalue weighted by Crippen LogP contribution is -1.90. The van der Waals surface area contributed by atoms with Gasteiger partial charge in [-0.05, 0) is 72.8 Å². The highest BCUT2D eigenvalue weighted by atomic mass is 19.1. The van der Waals surface area contributed by atoms with E-state index in [1.54, 1.807) is 60.7 Å². The SMILES string of the molecule is Nc1cccc(Oc2cccc(Oc3cccc(Oc4cccc(Oc5cccc(Oc6cccc(F)c6)c5)c4)c3)c2)c1. The highest BCUT2D eigenvalue weighted by Crippen LogP contribution is 2.34. The highest BCUT2D eigenvalue weighted by Gasteiger charge is 2.07. The quantitative estimate of drug-likeness (QED) is 0.165. The molecule has 0 fully saturated rings. The van der Waals surface area contributed by atoms with Crippen LogP contribution in [0.5, 0.6) is 57.5 Å². The van der Waals surface area contributed by atoms with E-state index in [1.165, 1.54) is 12.1 Å². The molecule has 0 heterocycles. The maximum Gasteiger partial charge on any atom is 0.131 e. The fourth-order valence-corrected chi connectivity index (χ4v) is 4.19. The van der Waals surface area contributed by atoms with Crippen molar-refractivity contribution in [3.05, 3.63) is 151 Å². The van der Waals surface area contributed by atoms with E-state index in [1.807, 2.05) is 72.8 Å². The van der Waals surface area contributed by atoms with Crippen molar-refractivity contribution in [1.29, 1.82) is 0 Å². The third-order valence-corrected chi connectivity index (χ3v) is 6.05. The van der Waals surface area contributed by atoms with E-state index < -0.39 is 0 Å². The molecule has 0 saturated carbocycles. The number of nitrogen functional groups attached to an aromatic ring is 1. The third-order valence-electron chi connectivity index (χ3n) is 6.05. The van der Waals surface area contributed by atoms with Gasteiger partial charge in [0, 0.05) is 42.1 Å². The number of halogens is 1. The number of ether oxygens (including phenoxy) is 5. The molecule has 0 atom stereocenters. The van der Waals surface area contributed by atoms with E-state index in [0.29, 0.717) is 63.2 Å². The van der Waals surface area contributed by atoms with Gasteiger partial charge in [0.05, 0.1) is 0 Å². The third kappa shape index (κ3) is 7.62. The van der Waals surface area contributed by atoms with E-state index in [2.05, 4.69) is 0 Å². The lowest BCUT2D eigenvalue weighted by Gasteiger charge is -2.12. The lowest BCUT2D eigenvalue weighted by atomic mass is 10.3. The molecule has 6 nitrogen and oxygen atoms in total. The van der Waals surface area contributed by atoms with Crippen LogP contribution in [0, 0.1) is 5.82 Å². The van der Waals surface area contributed by atoms with E-state index in [0.717, 1.165) is 0 Å². The Hall–Kier alpha value is -5.95. The number of benzene rings is 6. The molecule has 212 valence electrons. The minimum Gasteiger partial charge on any atom is -0.457 e. The summed E-state index contributed by atoms with van der Waals surface area (Å²) < 4.78 is 43.4. The normalized spacial score (nSPS) is 10.5. The molecule has 0 aromatic heterocycles. The van der Waals surface area contributed by atoms with Gasteiger partial charge in [0.1, 0.15) is 63.3 Å². The highest BCUT2D eigenvalue weighted by molar-refractivity contribution is 5.47. The van der Waals surface area contributed by atoms with E-state index in [4.69, 9.17) is 29.4 Å². The summed E-state index contributed by atoms with van der Waals surface area (Å²) in [5.41, 5.74) is 6.48. The summed E-state index contributed by atoms with van der Waals surface area (Å²) in [6, 6.07) is 42.3. The van der Waals surface area contributed by atoms with Crippen molar-refractivity contribution >= 4 is 5.69 Å². The summed E-state index contributed by atoms with van der Waals surface area (Å²) in [6.45, 7) is 0. The van der Waals surface area contributed by atoms with Gasteiger partial charge in [0.15, 0.2) is 0 Å². The monoisotopic (exact) mass is 571 g/mol. The Morgan fingerprint density at radius 1 is 0.326 bits per heavy atom. The minimum absolute atomic E-state index is 0.368. The fourth-order valence-electron chi connectivity index (χ4n) is 4.19. The average Bonchev–Trinajstić information content (AvgIpc) is 2.98. The van der Waals surface area contributed by atoms with Crippen LogP contribution in [0.4, 0.5) is 10.1 Å². The van der Waals surface area contributed by atoms with Crippen molar-refractivity contribution < 1.29 is 28.1 Å². The minimum atomic E-state index is -0.368. The van der Waals surface area contributed by atoms with Crippen LogP contribution < -0.4 is 29.4 Å². The van der Waals surface area contributed by atoms with Crippen LogP contribution >= 0.6 is 0 Å². The lowest BCUT2D eigenvalue weighted by molar-refractivity contribution is 0.445. The molecule has 0 aliphatic heterocycles. The first-order chi connectivity index (χ1) is 21.0. The molecule has 6 aromatic carbocycles. The van der Waals surface area contributed by atoms with Gasteiger partial charge >= 0.3 is 0 Å². The Labute approximate surface area is 248 Å². The molecule has 0 radical (unpaired) electrons. The summed E-state index contributed by atoms with van der Waals surface area (Å²) in [5.74, 6) is 5.33. The molecule has 0 amide bonds. The molecule has 0 aliphatic rings. The predicted molar refractivity (Wildman–Crippen MR) is 163 cm³/mol.